The van der Waals surface area contributed by atoms with Crippen LogP contribution in [0.15, 0.2) is 35.1 Å². The third-order valence-corrected chi connectivity index (χ3v) is 5.86. The fraction of sp³-hybridized carbons (Fsp3) is 0.273. The van der Waals surface area contributed by atoms with Gasteiger partial charge < -0.3 is 30.8 Å². The highest BCUT2D eigenvalue weighted by atomic mass is 32.2. The van der Waals surface area contributed by atoms with Gasteiger partial charge in [-0.05, 0) is 31.7 Å². The van der Waals surface area contributed by atoms with E-state index in [-0.39, 0.29) is 29.9 Å². The predicted octanol–water partition coefficient (Wildman–Crippen LogP) is 0.781. The van der Waals surface area contributed by atoms with Crippen molar-refractivity contribution in [3.8, 4) is 5.75 Å². The number of amides is 2. The molecule has 0 saturated carbocycles. The van der Waals surface area contributed by atoms with Crippen LogP contribution < -0.4 is 20.7 Å². The molecule has 1 aliphatic heterocycles. The van der Waals surface area contributed by atoms with Gasteiger partial charge in [-0.15, -0.1) is 0 Å². The van der Waals surface area contributed by atoms with Crippen molar-refractivity contribution in [3.05, 3.63) is 47.5 Å². The zero-order chi connectivity index (χ0) is 24.9. The summed E-state index contributed by atoms with van der Waals surface area (Å²) in [6.07, 6.45) is 3.48. The minimum atomic E-state index is -0.856. The van der Waals surface area contributed by atoms with Crippen molar-refractivity contribution in [2.24, 2.45) is 4.40 Å². The Balaban J connectivity index is 1.44. The van der Waals surface area contributed by atoms with E-state index in [2.05, 4.69) is 35.3 Å². The van der Waals surface area contributed by atoms with Gasteiger partial charge in [-0.3, -0.25) is 14.4 Å². The molecule has 0 radical (unpaired) electrons. The molecule has 0 fully saturated rings. The first-order valence-electron chi connectivity index (χ1n) is 10.6. The number of aromatic amines is 1. The van der Waals surface area contributed by atoms with Crippen LogP contribution in [0.25, 0.3) is 11.0 Å². The number of ether oxygens (including phenoxy) is 1. The van der Waals surface area contributed by atoms with Gasteiger partial charge in [-0.2, -0.15) is 0 Å². The topological polar surface area (TPSA) is 171 Å². The van der Waals surface area contributed by atoms with Gasteiger partial charge in [0.2, 0.25) is 5.12 Å². The van der Waals surface area contributed by atoms with Crippen molar-refractivity contribution in [3.63, 3.8) is 0 Å². The van der Waals surface area contributed by atoms with Crippen molar-refractivity contribution < 1.29 is 24.2 Å². The first-order chi connectivity index (χ1) is 16.9. The molecule has 2 amide bonds. The monoisotopic (exact) mass is 497 g/mol. The number of rotatable bonds is 8. The number of carbonyl (C=O) groups excluding carboxylic acids is 3. The fourth-order valence-corrected chi connectivity index (χ4v) is 4.18. The lowest BCUT2D eigenvalue weighted by Gasteiger charge is -2.18. The predicted molar refractivity (Wildman–Crippen MR) is 130 cm³/mol. The van der Waals surface area contributed by atoms with Crippen LogP contribution in [-0.2, 0) is 16.1 Å². The molecule has 5 N–H and O–H groups in total. The number of nitrogens with zero attached hydrogens (tertiary/aromatic N) is 3. The van der Waals surface area contributed by atoms with Crippen LogP contribution >= 0.6 is 11.9 Å². The van der Waals surface area contributed by atoms with E-state index in [9.17, 15) is 19.5 Å². The average molecular weight is 498 g/mol. The van der Waals surface area contributed by atoms with Crippen molar-refractivity contribution in [2.75, 3.05) is 19.0 Å². The number of hydrogen-bond donors (Lipinski definition) is 5. The van der Waals surface area contributed by atoms with E-state index in [1.165, 1.54) is 19.5 Å². The van der Waals surface area contributed by atoms with E-state index in [0.717, 1.165) is 5.56 Å². The normalized spacial score (nSPS) is 14.8. The molecule has 2 atom stereocenters. The van der Waals surface area contributed by atoms with Gasteiger partial charge in [-0.1, -0.05) is 6.07 Å². The van der Waals surface area contributed by atoms with Crippen LogP contribution in [0, 0.1) is 0 Å². The van der Waals surface area contributed by atoms with E-state index < -0.39 is 18.1 Å². The molecular formula is C22H23N7O5S. The lowest BCUT2D eigenvalue weighted by molar-refractivity contribution is -0.118. The van der Waals surface area contributed by atoms with E-state index >= 15 is 0 Å². The van der Waals surface area contributed by atoms with Gasteiger partial charge >= 0.3 is 0 Å². The Bertz CT molecular complexity index is 1310. The van der Waals surface area contributed by atoms with Gasteiger partial charge in [0.05, 0.1) is 29.3 Å². The van der Waals surface area contributed by atoms with Gasteiger partial charge in [0.25, 0.3) is 11.8 Å². The Labute approximate surface area is 204 Å². The van der Waals surface area contributed by atoms with Gasteiger partial charge in [0.1, 0.15) is 23.6 Å². The molecule has 1 aromatic carbocycles. The largest absolute Gasteiger partial charge is 0.482 e. The highest BCUT2D eigenvalue weighted by molar-refractivity contribution is 8.12. The zero-order valence-electron chi connectivity index (χ0n) is 18.9. The molecule has 0 saturated heterocycles. The molecule has 3 aromatic rings. The lowest BCUT2D eigenvalue weighted by atomic mass is 10.1. The number of carbonyl (C=O) groups is 3. The first kappa shape index (κ1) is 24.3. The summed E-state index contributed by atoms with van der Waals surface area (Å²) in [5.41, 5.74) is 2.93. The smallest absolute Gasteiger partial charge is 0.272 e. The van der Waals surface area contributed by atoms with Crippen LogP contribution in [0.5, 0.6) is 5.75 Å². The molecule has 0 bridgehead atoms. The average Bonchev–Trinajstić information content (AvgIpc) is 3.25. The van der Waals surface area contributed by atoms with Crippen LogP contribution in [-0.4, -0.2) is 69.0 Å². The Morgan fingerprint density at radius 1 is 1.37 bits per heavy atom. The number of nitrogens with one attached hydrogen (secondary N) is 4. The second kappa shape index (κ2) is 10.6. The standard InChI is InChI=1S/C22H23N7O5S/c1-11(30)17(23-2)22(33)35-28-8-13-7-24-19-18(13)26-10-27-20(19)21(32)25-6-12-3-4-15-14(5-12)29-16(31)9-34-15/h3-5,7-8,10-11,17,23-24,30H,6,9H2,1-2H3,(H,25,32)(H,29,31)/b28-8+. The summed E-state index contributed by atoms with van der Waals surface area (Å²) in [6.45, 7) is 1.70. The van der Waals surface area contributed by atoms with Gasteiger partial charge in [0.15, 0.2) is 12.3 Å². The number of aliphatic hydroxyl groups is 1. The molecule has 13 heteroatoms. The molecular weight excluding hydrogens is 474 g/mol. The molecule has 2 unspecified atom stereocenters. The Morgan fingerprint density at radius 2 is 2.20 bits per heavy atom. The zero-order valence-corrected chi connectivity index (χ0v) is 19.7. The maximum absolute atomic E-state index is 12.8. The second-order valence-corrected chi connectivity index (χ2v) is 8.49. The third kappa shape index (κ3) is 5.48. The summed E-state index contributed by atoms with van der Waals surface area (Å²) < 4.78 is 9.42. The molecule has 0 spiro atoms. The minimum Gasteiger partial charge on any atom is -0.482 e. The Morgan fingerprint density at radius 3 is 2.97 bits per heavy atom. The Kier molecular flexibility index (Phi) is 7.39. The molecule has 0 aliphatic carbocycles. The summed E-state index contributed by atoms with van der Waals surface area (Å²) in [4.78, 5) is 47.8. The molecule has 2 aromatic heterocycles. The summed E-state index contributed by atoms with van der Waals surface area (Å²) in [5, 5.41) is 17.6. The minimum absolute atomic E-state index is 0.0248. The molecule has 1 aliphatic rings. The van der Waals surface area contributed by atoms with Crippen LogP contribution in [0.2, 0.25) is 0 Å². The number of likely N-dealkylation sites (N-methyl/N-ethyl adjacent to an activating group) is 1. The van der Waals surface area contributed by atoms with Crippen molar-refractivity contribution in [1.82, 2.24) is 25.6 Å². The first-order valence-corrected chi connectivity index (χ1v) is 11.4. The number of H-pyrrole nitrogens is 1. The second-order valence-electron chi connectivity index (χ2n) is 7.69. The van der Waals surface area contributed by atoms with E-state index in [1.54, 1.807) is 31.4 Å². The number of aliphatic hydroxyl groups excluding tert-OH is 1. The van der Waals surface area contributed by atoms with Crippen LogP contribution in [0.3, 0.4) is 0 Å². The highest BCUT2D eigenvalue weighted by Gasteiger charge is 2.22. The van der Waals surface area contributed by atoms with Crippen molar-refractivity contribution in [2.45, 2.75) is 25.6 Å². The van der Waals surface area contributed by atoms with Crippen molar-refractivity contribution >= 4 is 51.8 Å². The van der Waals surface area contributed by atoms with E-state index in [1.807, 2.05) is 0 Å². The maximum Gasteiger partial charge on any atom is 0.272 e. The summed E-state index contributed by atoms with van der Waals surface area (Å²) >= 11 is 0.707. The van der Waals surface area contributed by atoms with Crippen LogP contribution in [0.1, 0.15) is 28.5 Å². The molecule has 35 heavy (non-hydrogen) atoms. The number of fused-ring (bicyclic) bond motifs is 2. The van der Waals surface area contributed by atoms with Gasteiger partial charge in [0, 0.05) is 24.5 Å². The third-order valence-electron chi connectivity index (χ3n) is 5.22. The molecule has 4 rings (SSSR count). The quantitative estimate of drug-likeness (QED) is 0.223. The van der Waals surface area contributed by atoms with E-state index in [4.69, 9.17) is 4.74 Å². The number of hydrogen-bond acceptors (Lipinski definition) is 10. The summed E-state index contributed by atoms with van der Waals surface area (Å²) in [7, 11) is 1.58. The molecule has 182 valence electrons. The fourth-order valence-electron chi connectivity index (χ4n) is 3.48. The molecule has 3 heterocycles. The number of benzene rings is 1. The lowest BCUT2D eigenvalue weighted by Crippen LogP contribution is -2.41. The summed E-state index contributed by atoms with van der Waals surface area (Å²) in [6, 6.07) is 4.53. The summed E-state index contributed by atoms with van der Waals surface area (Å²) in [5.74, 6) is -0.0789. The maximum atomic E-state index is 12.8. The number of anilines is 1. The number of aromatic nitrogens is 3. The van der Waals surface area contributed by atoms with Crippen molar-refractivity contribution in [1.29, 1.82) is 0 Å². The SMILES string of the molecule is CNC(C(=O)S/N=C/c1c[nH]c2c(C(=O)NCc3ccc4c(c3)NC(=O)CO4)ncnc12)C(C)O. The van der Waals surface area contributed by atoms with Gasteiger partial charge in [-0.25, -0.2) is 14.4 Å². The van der Waals surface area contributed by atoms with Crippen LogP contribution in [0.4, 0.5) is 5.69 Å². The molecule has 12 nitrogen and oxygen atoms in total. The van der Waals surface area contributed by atoms with E-state index in [0.29, 0.717) is 40.0 Å². The highest BCUT2D eigenvalue weighted by Crippen LogP contribution is 2.28. The Hall–Kier alpha value is -3.81.